The summed E-state index contributed by atoms with van der Waals surface area (Å²) in [4.78, 5) is 89.4. The van der Waals surface area contributed by atoms with Crippen molar-refractivity contribution >= 4 is 47.3 Å². The predicted octanol–water partition coefficient (Wildman–Crippen LogP) is 0.113. The lowest BCUT2D eigenvalue weighted by molar-refractivity contribution is -0.140. The molecule has 240 valence electrons. The van der Waals surface area contributed by atoms with E-state index in [2.05, 4.69) is 21.3 Å². The number of aliphatic carboxylic acids is 3. The molecule has 0 aliphatic carbocycles. The molecule has 1 aromatic rings. The van der Waals surface area contributed by atoms with Crippen LogP contribution in [0.4, 0.5) is 0 Å². The Bertz CT molecular complexity index is 1070. The molecule has 0 saturated carbocycles. The minimum atomic E-state index is -1.34. The molecule has 0 aromatic heterocycles. The fraction of sp³-hybridized carbons (Fsp3) is 0.500. The molecular weight excluding hydrogens is 568 g/mol. The summed E-state index contributed by atoms with van der Waals surface area (Å²) >= 11 is 0. The molecule has 2 atom stereocenters. The first-order valence-electron chi connectivity index (χ1n) is 13.3. The average Bonchev–Trinajstić information content (AvgIpc) is 2.91. The highest BCUT2D eigenvalue weighted by atomic mass is 16.4. The maximum Gasteiger partial charge on any atom is 0.305 e. The largest absolute Gasteiger partial charge is 0.481 e. The second-order valence-corrected chi connectivity index (χ2v) is 9.37. The molecule has 0 fully saturated rings. The molecule has 43 heavy (non-hydrogen) atoms. The topological polar surface area (TPSA) is 245 Å². The van der Waals surface area contributed by atoms with Gasteiger partial charge in [-0.3, -0.25) is 38.4 Å². The van der Waals surface area contributed by atoms with Crippen molar-refractivity contribution in [2.24, 2.45) is 5.92 Å². The Hall–Kier alpha value is -4.82. The predicted molar refractivity (Wildman–Crippen MR) is 154 cm³/mol. The molecule has 0 heterocycles. The van der Waals surface area contributed by atoms with Gasteiger partial charge in [-0.15, -0.1) is 0 Å². The first kappa shape index (κ1) is 40.3. The standard InChI is InChI=1S/C23H32N4O7.C3H6O2.C2H4O2/c1-14(2)21(23(34)24-12-17(29)10-9-16-7-5-4-6-8-16)27-19(30)13-25-22(33)18(11-20(31)32)26-15(3)28;1-2-3(4)5;1-2(3)4/h4-8,14,18,21H,9-13H2,1-3H3,(H,24,34)(H,25,33)(H,26,28)(H,27,30)(H,31,32);2H2,1H3,(H,4,5);1H3,(H,3,4)/t18-,21?;;/m0../s1. The van der Waals surface area contributed by atoms with E-state index in [0.29, 0.717) is 6.42 Å². The number of ketones is 1. The van der Waals surface area contributed by atoms with Gasteiger partial charge in [-0.2, -0.15) is 0 Å². The third kappa shape index (κ3) is 23.6. The highest BCUT2D eigenvalue weighted by Crippen LogP contribution is 2.04. The molecule has 0 saturated heterocycles. The normalized spacial score (nSPS) is 11.1. The molecule has 0 spiro atoms. The van der Waals surface area contributed by atoms with Crippen LogP contribution in [0.5, 0.6) is 0 Å². The molecule has 7 N–H and O–H groups in total. The fourth-order valence-electron chi connectivity index (χ4n) is 2.99. The number of aryl methyl sites for hydroxylation is 1. The highest BCUT2D eigenvalue weighted by molar-refractivity contribution is 5.94. The zero-order valence-corrected chi connectivity index (χ0v) is 25.0. The minimum Gasteiger partial charge on any atom is -0.481 e. The highest BCUT2D eigenvalue weighted by Gasteiger charge is 2.26. The maximum absolute atomic E-state index is 12.5. The summed E-state index contributed by atoms with van der Waals surface area (Å²) in [7, 11) is 0. The van der Waals surface area contributed by atoms with Crippen molar-refractivity contribution in [2.45, 2.75) is 72.4 Å². The molecule has 1 rings (SSSR count). The van der Waals surface area contributed by atoms with E-state index in [1.54, 1.807) is 20.8 Å². The molecule has 1 unspecified atom stereocenters. The van der Waals surface area contributed by atoms with Gasteiger partial charge in [0.05, 0.1) is 19.5 Å². The van der Waals surface area contributed by atoms with Crippen molar-refractivity contribution in [3.05, 3.63) is 35.9 Å². The third-order valence-electron chi connectivity index (χ3n) is 5.06. The molecule has 15 nitrogen and oxygen atoms in total. The van der Waals surface area contributed by atoms with Crippen LogP contribution in [-0.2, 0) is 44.8 Å². The summed E-state index contributed by atoms with van der Waals surface area (Å²) in [5.41, 5.74) is 1.01. The van der Waals surface area contributed by atoms with E-state index in [1.165, 1.54) is 0 Å². The van der Waals surface area contributed by atoms with Crippen LogP contribution >= 0.6 is 0 Å². The molecule has 0 aliphatic heterocycles. The van der Waals surface area contributed by atoms with Gasteiger partial charge >= 0.3 is 11.9 Å². The zero-order chi connectivity index (χ0) is 33.5. The van der Waals surface area contributed by atoms with Crippen molar-refractivity contribution in [1.82, 2.24) is 21.3 Å². The smallest absolute Gasteiger partial charge is 0.305 e. The van der Waals surface area contributed by atoms with Crippen molar-refractivity contribution < 1.29 is 53.7 Å². The Morgan fingerprint density at radius 1 is 0.767 bits per heavy atom. The Balaban J connectivity index is 0. The van der Waals surface area contributed by atoms with Crippen molar-refractivity contribution in [3.8, 4) is 0 Å². The summed E-state index contributed by atoms with van der Waals surface area (Å²) in [6.07, 6.45) is 0.393. The molecule has 0 aliphatic rings. The minimum absolute atomic E-state index is 0.152. The van der Waals surface area contributed by atoms with Gasteiger partial charge in [0.1, 0.15) is 12.1 Å². The summed E-state index contributed by atoms with van der Waals surface area (Å²) in [6, 6.07) is 7.18. The monoisotopic (exact) mass is 610 g/mol. The van der Waals surface area contributed by atoms with E-state index in [4.69, 9.17) is 20.1 Å². The number of carbonyl (C=O) groups excluding carboxylic acids is 5. The van der Waals surface area contributed by atoms with Crippen LogP contribution in [0.25, 0.3) is 0 Å². The van der Waals surface area contributed by atoms with Crippen LogP contribution in [0.1, 0.15) is 59.4 Å². The number of hydrogen-bond donors (Lipinski definition) is 7. The van der Waals surface area contributed by atoms with E-state index in [1.807, 2.05) is 30.3 Å². The quantitative estimate of drug-likeness (QED) is 0.140. The Morgan fingerprint density at radius 3 is 1.72 bits per heavy atom. The van der Waals surface area contributed by atoms with E-state index in [0.717, 1.165) is 19.4 Å². The summed E-state index contributed by atoms with van der Waals surface area (Å²) < 4.78 is 0. The van der Waals surface area contributed by atoms with Crippen LogP contribution in [0.3, 0.4) is 0 Å². The number of hydrogen-bond acceptors (Lipinski definition) is 8. The van der Waals surface area contributed by atoms with Crippen LogP contribution in [0, 0.1) is 5.92 Å². The van der Waals surface area contributed by atoms with Crippen LogP contribution in [0.15, 0.2) is 30.3 Å². The van der Waals surface area contributed by atoms with Crippen LogP contribution in [0.2, 0.25) is 0 Å². The van der Waals surface area contributed by atoms with Crippen molar-refractivity contribution in [2.75, 3.05) is 13.1 Å². The number of Topliss-reactive ketones (excluding diaryl/α,β-unsaturated/α-hetero) is 1. The summed E-state index contributed by atoms with van der Waals surface area (Å²) in [5.74, 6) is -6.00. The number of carboxylic acid groups (broad SMARTS) is 3. The Morgan fingerprint density at radius 2 is 1.28 bits per heavy atom. The van der Waals surface area contributed by atoms with Gasteiger partial charge in [-0.1, -0.05) is 51.1 Å². The lowest BCUT2D eigenvalue weighted by atomic mass is 10.0. The number of benzene rings is 1. The van der Waals surface area contributed by atoms with Crippen molar-refractivity contribution in [1.29, 1.82) is 0 Å². The number of nitrogens with one attached hydrogen (secondary N) is 4. The van der Waals surface area contributed by atoms with Crippen LogP contribution in [-0.4, -0.2) is 87.8 Å². The molecule has 4 amide bonds. The van der Waals surface area contributed by atoms with Gasteiger partial charge in [0.25, 0.3) is 5.97 Å². The van der Waals surface area contributed by atoms with E-state index < -0.39 is 66.6 Å². The maximum atomic E-state index is 12.5. The first-order chi connectivity index (χ1) is 20.0. The summed E-state index contributed by atoms with van der Waals surface area (Å²) in [6.45, 7) is 6.53. The molecule has 0 bridgehead atoms. The second-order valence-electron chi connectivity index (χ2n) is 9.37. The Kier molecular flexibility index (Phi) is 21.4. The van der Waals surface area contributed by atoms with Gasteiger partial charge in [-0.05, 0) is 17.9 Å². The zero-order valence-electron chi connectivity index (χ0n) is 25.0. The first-order valence-corrected chi connectivity index (χ1v) is 13.3. The fourth-order valence-corrected chi connectivity index (χ4v) is 2.99. The molecular formula is C28H42N4O11. The van der Waals surface area contributed by atoms with Gasteiger partial charge in [0.15, 0.2) is 5.78 Å². The molecule has 0 radical (unpaired) electrons. The van der Waals surface area contributed by atoms with E-state index in [9.17, 15) is 33.6 Å². The van der Waals surface area contributed by atoms with Crippen LogP contribution < -0.4 is 21.3 Å². The average molecular weight is 611 g/mol. The van der Waals surface area contributed by atoms with Gasteiger partial charge in [0.2, 0.25) is 23.6 Å². The number of carbonyl (C=O) groups is 8. The Labute approximate surface area is 249 Å². The van der Waals surface area contributed by atoms with E-state index in [-0.39, 0.29) is 31.1 Å². The van der Waals surface area contributed by atoms with Gasteiger partial charge < -0.3 is 36.6 Å². The molecule has 15 heteroatoms. The van der Waals surface area contributed by atoms with Gasteiger partial charge in [0, 0.05) is 26.7 Å². The second kappa shape index (κ2) is 22.8. The van der Waals surface area contributed by atoms with Crippen molar-refractivity contribution in [3.63, 3.8) is 0 Å². The summed E-state index contributed by atoms with van der Waals surface area (Å²) in [5, 5.41) is 33.5. The lowest BCUT2D eigenvalue weighted by Crippen LogP contribution is -2.54. The number of rotatable bonds is 15. The van der Waals surface area contributed by atoms with Gasteiger partial charge in [-0.25, -0.2) is 0 Å². The molecule has 1 aromatic carbocycles. The third-order valence-corrected chi connectivity index (χ3v) is 5.06. The number of carboxylic acids is 3. The lowest BCUT2D eigenvalue weighted by Gasteiger charge is -2.22. The number of amides is 4. The SMILES string of the molecule is CC(=O)N[C@@H](CC(=O)O)C(=O)NCC(=O)NC(C(=O)NCC(=O)CCc1ccccc1)C(C)C.CC(=O)O.CCC(=O)O. The van der Waals surface area contributed by atoms with E-state index >= 15 is 0 Å².